The second kappa shape index (κ2) is 5.77. The number of hydrogen-bond donors (Lipinski definition) is 2. The number of H-pyrrole nitrogens is 2. The fraction of sp³-hybridized carbons (Fsp3) is 0.100. The summed E-state index contributed by atoms with van der Waals surface area (Å²) >= 11 is 0. The molecule has 6 heteroatoms. The first-order valence-corrected chi connectivity index (χ1v) is 8.45. The van der Waals surface area contributed by atoms with Crippen LogP contribution in [0.3, 0.4) is 0 Å². The maximum atomic E-state index is 4.90. The Morgan fingerprint density at radius 3 is 3.00 bits per heavy atom. The Balaban J connectivity index is 1.67. The van der Waals surface area contributed by atoms with Crippen LogP contribution in [0.5, 0.6) is 0 Å². The quantitative estimate of drug-likeness (QED) is 0.580. The van der Waals surface area contributed by atoms with Crippen LogP contribution in [-0.4, -0.2) is 37.9 Å². The molecule has 0 saturated heterocycles. The third kappa shape index (κ3) is 2.35. The Morgan fingerprint density at radius 2 is 2.08 bits per heavy atom. The summed E-state index contributed by atoms with van der Waals surface area (Å²) in [5, 5.41) is 8.62. The molecule has 126 valence electrons. The van der Waals surface area contributed by atoms with E-state index in [9.17, 15) is 0 Å². The fourth-order valence-electron chi connectivity index (χ4n) is 3.26. The Bertz CT molecular complexity index is 1190. The standard InChI is InChI=1S/C20H16N6/c1-12-4-7-21-8-5-14(12)16-2-3-17-19(24-16)20(26-25-17)18-10-13-11-22-9-6-15(13)23-18/h2-7,9-11,23H,8H2,1H3,(H,25,26). The molecule has 6 nitrogen and oxygen atoms in total. The van der Waals surface area contributed by atoms with Gasteiger partial charge in [-0.25, -0.2) is 4.98 Å². The van der Waals surface area contributed by atoms with Crippen molar-refractivity contribution in [2.45, 2.75) is 6.92 Å². The van der Waals surface area contributed by atoms with E-state index in [0.29, 0.717) is 6.54 Å². The van der Waals surface area contributed by atoms with Crippen LogP contribution in [0.25, 0.3) is 38.9 Å². The molecule has 4 aromatic rings. The Morgan fingerprint density at radius 1 is 1.12 bits per heavy atom. The first-order valence-electron chi connectivity index (χ1n) is 8.45. The average molecular weight is 340 g/mol. The molecule has 0 spiro atoms. The lowest BCUT2D eigenvalue weighted by atomic mass is 10.0. The van der Waals surface area contributed by atoms with Crippen molar-refractivity contribution < 1.29 is 0 Å². The minimum Gasteiger partial charge on any atom is -0.353 e. The van der Waals surface area contributed by atoms with Crippen LogP contribution in [0, 0.1) is 0 Å². The van der Waals surface area contributed by atoms with Gasteiger partial charge in [0, 0.05) is 35.1 Å². The number of aliphatic imine (C=N–C) groups is 1. The number of nitrogens with zero attached hydrogens (tertiary/aromatic N) is 4. The summed E-state index contributed by atoms with van der Waals surface area (Å²) in [4.78, 5) is 16.8. The van der Waals surface area contributed by atoms with Crippen molar-refractivity contribution in [1.29, 1.82) is 0 Å². The lowest BCUT2D eigenvalue weighted by Crippen LogP contribution is -1.92. The van der Waals surface area contributed by atoms with Gasteiger partial charge >= 0.3 is 0 Å². The highest BCUT2D eigenvalue weighted by Gasteiger charge is 2.15. The number of pyridine rings is 2. The van der Waals surface area contributed by atoms with Crippen molar-refractivity contribution in [1.82, 2.24) is 25.1 Å². The van der Waals surface area contributed by atoms with Crippen LogP contribution >= 0.6 is 0 Å². The number of hydrogen-bond acceptors (Lipinski definition) is 4. The van der Waals surface area contributed by atoms with Crippen LogP contribution < -0.4 is 0 Å². The maximum absolute atomic E-state index is 4.90. The van der Waals surface area contributed by atoms with Crippen molar-refractivity contribution in [2.75, 3.05) is 6.54 Å². The van der Waals surface area contributed by atoms with E-state index >= 15 is 0 Å². The van der Waals surface area contributed by atoms with Crippen molar-refractivity contribution >= 4 is 33.7 Å². The number of rotatable bonds is 2. The van der Waals surface area contributed by atoms with E-state index in [0.717, 1.165) is 50.2 Å². The van der Waals surface area contributed by atoms with E-state index < -0.39 is 0 Å². The molecule has 0 aliphatic carbocycles. The molecule has 0 unspecified atom stereocenters. The van der Waals surface area contributed by atoms with E-state index in [-0.39, 0.29) is 0 Å². The SMILES string of the molecule is CC1=CC=NCC=C1c1ccc2[nH]nc(-c3cc4cnccc4[nH]3)c2n1. The lowest BCUT2D eigenvalue weighted by Gasteiger charge is -2.06. The number of aromatic nitrogens is 5. The van der Waals surface area contributed by atoms with Gasteiger partial charge in [0.2, 0.25) is 0 Å². The monoisotopic (exact) mass is 340 g/mol. The zero-order valence-electron chi connectivity index (χ0n) is 14.2. The predicted octanol–water partition coefficient (Wildman–Crippen LogP) is 3.92. The number of fused-ring (bicyclic) bond motifs is 2. The van der Waals surface area contributed by atoms with E-state index in [1.165, 1.54) is 0 Å². The Hall–Kier alpha value is -3.54. The summed E-state index contributed by atoms with van der Waals surface area (Å²) in [6, 6.07) is 8.05. The van der Waals surface area contributed by atoms with Crippen LogP contribution in [0.1, 0.15) is 12.6 Å². The van der Waals surface area contributed by atoms with Gasteiger partial charge in [0.25, 0.3) is 0 Å². The topological polar surface area (TPSA) is 82.6 Å². The van der Waals surface area contributed by atoms with Gasteiger partial charge in [-0.2, -0.15) is 5.10 Å². The van der Waals surface area contributed by atoms with Crippen molar-refractivity contribution in [3.63, 3.8) is 0 Å². The summed E-state index contributed by atoms with van der Waals surface area (Å²) in [6.07, 6.45) is 9.59. The average Bonchev–Trinajstić information content (AvgIpc) is 3.21. The number of allylic oxidation sites excluding steroid dienone is 3. The first-order chi connectivity index (χ1) is 12.8. The van der Waals surface area contributed by atoms with Crippen molar-refractivity contribution in [2.24, 2.45) is 4.99 Å². The minimum absolute atomic E-state index is 0.663. The van der Waals surface area contributed by atoms with E-state index in [4.69, 9.17) is 4.98 Å². The van der Waals surface area contributed by atoms with Crippen LogP contribution in [0.2, 0.25) is 0 Å². The summed E-state index contributed by atoms with van der Waals surface area (Å²) < 4.78 is 0. The fourth-order valence-corrected chi connectivity index (χ4v) is 3.26. The normalized spacial score (nSPS) is 14.5. The van der Waals surface area contributed by atoms with Gasteiger partial charge in [0.15, 0.2) is 0 Å². The highest BCUT2D eigenvalue weighted by atomic mass is 15.1. The van der Waals surface area contributed by atoms with Crippen LogP contribution in [0.4, 0.5) is 0 Å². The van der Waals surface area contributed by atoms with Gasteiger partial charge in [-0.15, -0.1) is 0 Å². The maximum Gasteiger partial charge on any atom is 0.135 e. The molecular formula is C20H16N6. The molecule has 26 heavy (non-hydrogen) atoms. The zero-order valence-corrected chi connectivity index (χ0v) is 14.2. The van der Waals surface area contributed by atoms with Crippen LogP contribution in [-0.2, 0) is 0 Å². The highest BCUT2D eigenvalue weighted by Crippen LogP contribution is 2.29. The third-order valence-electron chi connectivity index (χ3n) is 4.62. The molecule has 4 aromatic heterocycles. The van der Waals surface area contributed by atoms with Crippen LogP contribution in [0.15, 0.2) is 59.4 Å². The van der Waals surface area contributed by atoms with Crippen molar-refractivity contribution in [3.05, 3.63) is 60.1 Å². The van der Waals surface area contributed by atoms with E-state index in [1.807, 2.05) is 36.7 Å². The predicted molar refractivity (Wildman–Crippen MR) is 104 cm³/mol. The largest absolute Gasteiger partial charge is 0.353 e. The molecule has 0 radical (unpaired) electrons. The van der Waals surface area contributed by atoms with Crippen molar-refractivity contribution in [3.8, 4) is 11.4 Å². The lowest BCUT2D eigenvalue weighted by molar-refractivity contribution is 1.12. The molecule has 0 aromatic carbocycles. The second-order valence-corrected chi connectivity index (χ2v) is 6.29. The molecule has 0 atom stereocenters. The molecular weight excluding hydrogens is 324 g/mol. The van der Waals surface area contributed by atoms with E-state index in [2.05, 4.69) is 44.2 Å². The molecule has 5 heterocycles. The summed E-state index contributed by atoms with van der Waals surface area (Å²) in [7, 11) is 0. The highest BCUT2D eigenvalue weighted by molar-refractivity contribution is 5.94. The number of nitrogens with one attached hydrogen (secondary N) is 2. The van der Waals surface area contributed by atoms with Gasteiger partial charge in [-0.3, -0.25) is 15.1 Å². The smallest absolute Gasteiger partial charge is 0.135 e. The third-order valence-corrected chi connectivity index (χ3v) is 4.62. The molecule has 0 saturated carbocycles. The van der Waals surface area contributed by atoms with Gasteiger partial charge in [-0.05, 0) is 42.8 Å². The summed E-state index contributed by atoms with van der Waals surface area (Å²) in [6.45, 7) is 2.74. The molecule has 5 rings (SSSR count). The van der Waals surface area contributed by atoms with Gasteiger partial charge in [0.1, 0.15) is 11.2 Å². The molecule has 0 amide bonds. The second-order valence-electron chi connectivity index (χ2n) is 6.29. The number of aromatic amines is 2. The Kier molecular flexibility index (Phi) is 3.28. The molecule has 1 aliphatic heterocycles. The summed E-state index contributed by atoms with van der Waals surface area (Å²) in [5.41, 5.74) is 7.71. The minimum atomic E-state index is 0.663. The van der Waals surface area contributed by atoms with E-state index in [1.54, 1.807) is 6.20 Å². The Labute approximate surface area is 149 Å². The zero-order chi connectivity index (χ0) is 17.5. The van der Waals surface area contributed by atoms with Gasteiger partial charge < -0.3 is 4.98 Å². The molecule has 2 N–H and O–H groups in total. The molecule has 0 bridgehead atoms. The molecule has 1 aliphatic rings. The summed E-state index contributed by atoms with van der Waals surface area (Å²) in [5.74, 6) is 0. The first kappa shape index (κ1) is 14.8. The van der Waals surface area contributed by atoms with Gasteiger partial charge in [-0.1, -0.05) is 6.08 Å². The molecule has 0 fully saturated rings. The van der Waals surface area contributed by atoms with Gasteiger partial charge in [0.05, 0.1) is 23.4 Å².